The summed E-state index contributed by atoms with van der Waals surface area (Å²) in [5.41, 5.74) is -0.962. The molecule has 0 heterocycles. The van der Waals surface area contributed by atoms with Gasteiger partial charge in [0.25, 0.3) is 0 Å². The number of carboxylic acid groups (broad SMARTS) is 1. The highest BCUT2D eigenvalue weighted by atomic mass is 19.1. The smallest absolute Gasteiger partial charge is 0.341 e. The van der Waals surface area contributed by atoms with Crippen molar-refractivity contribution in [1.29, 1.82) is 0 Å². The molecule has 0 saturated carbocycles. The van der Waals surface area contributed by atoms with Crippen LogP contribution in [0.1, 0.15) is 6.42 Å². The van der Waals surface area contributed by atoms with Crippen LogP contribution in [0, 0.1) is 0 Å². The summed E-state index contributed by atoms with van der Waals surface area (Å²) in [6.07, 6.45) is -0.105. The van der Waals surface area contributed by atoms with Gasteiger partial charge in [0.2, 0.25) is 0 Å². The van der Waals surface area contributed by atoms with Gasteiger partial charge in [0, 0.05) is 13.5 Å². The molecule has 1 atom stereocenters. The Balaban J connectivity index is 2.41. The molecule has 0 aromatic carbocycles. The van der Waals surface area contributed by atoms with Gasteiger partial charge in [0.15, 0.2) is 0 Å². The van der Waals surface area contributed by atoms with Crippen LogP contribution in [-0.4, -0.2) is 50.7 Å². The molecule has 19 heavy (non-hydrogen) atoms. The van der Waals surface area contributed by atoms with E-state index in [1.54, 1.807) is 0 Å². The third-order valence-electron chi connectivity index (χ3n) is 2.46. The molecular weight excluding hydrogens is 262 g/mol. The average molecular weight is 278 g/mol. The lowest BCUT2D eigenvalue weighted by molar-refractivity contribution is -0.132. The van der Waals surface area contributed by atoms with Crippen LogP contribution in [0.25, 0.3) is 0 Å². The summed E-state index contributed by atoms with van der Waals surface area (Å²) in [4.78, 5) is 10.7. The minimum Gasteiger partial charge on any atom is -0.477 e. The van der Waals surface area contributed by atoms with Crippen molar-refractivity contribution in [2.24, 2.45) is 0 Å². The molecule has 0 spiro atoms. The van der Waals surface area contributed by atoms with E-state index in [1.807, 2.05) is 0 Å². The molecule has 7 heteroatoms. The quantitative estimate of drug-likeness (QED) is 0.683. The van der Waals surface area contributed by atoms with E-state index in [1.165, 1.54) is 7.11 Å². The van der Waals surface area contributed by atoms with Crippen LogP contribution in [0.5, 0.6) is 0 Å². The predicted octanol–water partition coefficient (Wildman–Crippen LogP) is 1.60. The van der Waals surface area contributed by atoms with E-state index in [0.717, 1.165) is 6.08 Å². The Kier molecular flexibility index (Phi) is 6.61. The van der Waals surface area contributed by atoms with Gasteiger partial charge in [-0.15, -0.1) is 0 Å². The fraction of sp³-hybridized carbons (Fsp3) is 0.583. The number of rotatable bonds is 8. The fourth-order valence-electron chi connectivity index (χ4n) is 1.53. The molecule has 0 aromatic rings. The molecule has 0 aromatic heterocycles. The summed E-state index contributed by atoms with van der Waals surface area (Å²) >= 11 is 0. The number of hydrogen-bond acceptors (Lipinski definition) is 4. The first-order chi connectivity index (χ1) is 9.07. The van der Waals surface area contributed by atoms with E-state index in [0.29, 0.717) is 13.2 Å². The Morgan fingerprint density at radius 3 is 2.68 bits per heavy atom. The van der Waals surface area contributed by atoms with Gasteiger partial charge >= 0.3 is 5.97 Å². The second-order valence-electron chi connectivity index (χ2n) is 3.78. The second-order valence-corrected chi connectivity index (χ2v) is 3.78. The van der Waals surface area contributed by atoms with E-state index in [-0.39, 0.29) is 19.6 Å². The number of hydrogen-bond donors (Lipinski definition) is 1. The average Bonchev–Trinajstić information content (AvgIpc) is 2.35. The Labute approximate surface area is 109 Å². The summed E-state index contributed by atoms with van der Waals surface area (Å²) in [6, 6.07) is 0. The Bertz CT molecular complexity index is 378. The summed E-state index contributed by atoms with van der Waals surface area (Å²) in [6.45, 7) is 1.14. The van der Waals surface area contributed by atoms with Gasteiger partial charge in [0.05, 0.1) is 26.4 Å². The van der Waals surface area contributed by atoms with Crippen molar-refractivity contribution >= 4 is 5.97 Å². The largest absolute Gasteiger partial charge is 0.477 e. The normalized spacial score (nSPS) is 19.5. The lowest BCUT2D eigenvalue weighted by atomic mass is 10.0. The highest BCUT2D eigenvalue weighted by molar-refractivity contribution is 5.92. The van der Waals surface area contributed by atoms with Crippen LogP contribution in [0.2, 0.25) is 0 Å². The van der Waals surface area contributed by atoms with Gasteiger partial charge in [-0.05, 0) is 6.08 Å². The zero-order valence-corrected chi connectivity index (χ0v) is 10.5. The number of carboxylic acids is 1. The third kappa shape index (κ3) is 4.70. The molecule has 5 nitrogen and oxygen atoms in total. The summed E-state index contributed by atoms with van der Waals surface area (Å²) in [5.74, 6) is -3.80. The maximum atomic E-state index is 13.7. The molecule has 0 aliphatic heterocycles. The number of halogens is 2. The molecule has 1 unspecified atom stereocenters. The van der Waals surface area contributed by atoms with E-state index in [4.69, 9.17) is 19.3 Å². The van der Waals surface area contributed by atoms with E-state index >= 15 is 0 Å². The molecule has 1 aliphatic carbocycles. The zero-order chi connectivity index (χ0) is 14.3. The molecule has 0 amide bonds. The summed E-state index contributed by atoms with van der Waals surface area (Å²) < 4.78 is 41.8. The monoisotopic (exact) mass is 278 g/mol. The molecule has 0 fully saturated rings. The van der Waals surface area contributed by atoms with Crippen LogP contribution < -0.4 is 0 Å². The number of aliphatic carboxylic acids is 1. The number of carbonyl (C=O) groups is 1. The van der Waals surface area contributed by atoms with Gasteiger partial charge in [-0.3, -0.25) is 0 Å². The van der Waals surface area contributed by atoms with Crippen molar-refractivity contribution < 1.29 is 32.9 Å². The first kappa shape index (κ1) is 15.7. The SMILES string of the molecule is COCCOCCOC1CC=C(F)C(C(=O)O)=C1F. The van der Waals surface area contributed by atoms with E-state index in [2.05, 4.69) is 0 Å². The third-order valence-corrected chi connectivity index (χ3v) is 2.46. The van der Waals surface area contributed by atoms with Crippen LogP contribution in [-0.2, 0) is 19.0 Å². The maximum absolute atomic E-state index is 13.7. The molecule has 1 rings (SSSR count). The van der Waals surface area contributed by atoms with Crippen molar-refractivity contribution in [1.82, 2.24) is 0 Å². The van der Waals surface area contributed by atoms with Crippen molar-refractivity contribution in [3.63, 3.8) is 0 Å². The van der Waals surface area contributed by atoms with Crippen molar-refractivity contribution in [2.75, 3.05) is 33.5 Å². The van der Waals surface area contributed by atoms with Crippen LogP contribution in [0.4, 0.5) is 8.78 Å². The van der Waals surface area contributed by atoms with Gasteiger partial charge in [-0.1, -0.05) is 0 Å². The molecular formula is C12H16F2O5. The highest BCUT2D eigenvalue weighted by Gasteiger charge is 2.30. The molecule has 1 aliphatic rings. The lowest BCUT2D eigenvalue weighted by Gasteiger charge is -2.19. The second kappa shape index (κ2) is 7.98. The van der Waals surface area contributed by atoms with Crippen molar-refractivity contribution in [2.45, 2.75) is 12.5 Å². The minimum absolute atomic E-state index is 0.0352. The molecule has 0 radical (unpaired) electrons. The minimum atomic E-state index is -1.64. The molecule has 0 bridgehead atoms. The van der Waals surface area contributed by atoms with Crippen molar-refractivity contribution in [3.05, 3.63) is 23.3 Å². The maximum Gasteiger partial charge on any atom is 0.341 e. The molecule has 108 valence electrons. The van der Waals surface area contributed by atoms with Crippen LogP contribution >= 0.6 is 0 Å². The van der Waals surface area contributed by atoms with Gasteiger partial charge < -0.3 is 19.3 Å². The molecule has 0 saturated heterocycles. The fourth-order valence-corrected chi connectivity index (χ4v) is 1.53. The predicted molar refractivity (Wildman–Crippen MR) is 62.0 cm³/mol. The lowest BCUT2D eigenvalue weighted by Crippen LogP contribution is -2.23. The van der Waals surface area contributed by atoms with E-state index < -0.39 is 29.3 Å². The molecule has 1 N–H and O–H groups in total. The van der Waals surface area contributed by atoms with Crippen molar-refractivity contribution in [3.8, 4) is 0 Å². The van der Waals surface area contributed by atoms with Gasteiger partial charge in [-0.25, -0.2) is 13.6 Å². The number of ether oxygens (including phenoxy) is 3. The standard InChI is InChI=1S/C12H16F2O5/c1-17-4-5-18-6-7-19-9-3-2-8(13)10(11(9)14)12(15)16/h2,9H,3-7H2,1H3,(H,15,16). The topological polar surface area (TPSA) is 65.0 Å². The van der Waals surface area contributed by atoms with E-state index in [9.17, 15) is 13.6 Å². The number of methoxy groups -OCH3 is 1. The summed E-state index contributed by atoms with van der Waals surface area (Å²) in [5, 5.41) is 8.69. The highest BCUT2D eigenvalue weighted by Crippen LogP contribution is 2.29. The first-order valence-corrected chi connectivity index (χ1v) is 5.75. The Hall–Kier alpha value is -1.31. The summed E-state index contributed by atoms with van der Waals surface area (Å²) in [7, 11) is 1.54. The van der Waals surface area contributed by atoms with Gasteiger partial charge in [0.1, 0.15) is 23.3 Å². The Morgan fingerprint density at radius 1 is 1.37 bits per heavy atom. The first-order valence-electron chi connectivity index (χ1n) is 5.75. The Morgan fingerprint density at radius 2 is 2.05 bits per heavy atom. The van der Waals surface area contributed by atoms with Gasteiger partial charge in [-0.2, -0.15) is 0 Å². The zero-order valence-electron chi connectivity index (χ0n) is 10.5. The van der Waals surface area contributed by atoms with Crippen LogP contribution in [0.3, 0.4) is 0 Å². The van der Waals surface area contributed by atoms with Crippen LogP contribution in [0.15, 0.2) is 23.3 Å².